The number of rotatable bonds is 3. The average molecular weight is 322 g/mol. The van der Waals surface area contributed by atoms with Crippen LogP contribution in [0.4, 0.5) is 0 Å². The van der Waals surface area contributed by atoms with E-state index in [2.05, 4.69) is 41.1 Å². The van der Waals surface area contributed by atoms with Gasteiger partial charge in [0.05, 0.1) is 23.1 Å². The molecule has 0 aliphatic heterocycles. The predicted molar refractivity (Wildman–Crippen MR) is 80.1 cm³/mol. The van der Waals surface area contributed by atoms with E-state index in [1.807, 2.05) is 6.07 Å². The minimum Gasteiger partial charge on any atom is -0.496 e. The number of nitriles is 1. The summed E-state index contributed by atoms with van der Waals surface area (Å²) in [6, 6.07) is 8.71. The van der Waals surface area contributed by atoms with Gasteiger partial charge in [0.25, 0.3) is 0 Å². The van der Waals surface area contributed by atoms with Crippen molar-refractivity contribution in [2.75, 3.05) is 7.11 Å². The van der Waals surface area contributed by atoms with Crippen molar-refractivity contribution in [3.63, 3.8) is 0 Å². The lowest BCUT2D eigenvalue weighted by atomic mass is 9.69. The fourth-order valence-corrected chi connectivity index (χ4v) is 3.44. The summed E-state index contributed by atoms with van der Waals surface area (Å²) in [5.74, 6) is 1.61. The molecule has 0 aromatic heterocycles. The Balaban J connectivity index is 2.15. The second-order valence-electron chi connectivity index (χ2n) is 5.72. The van der Waals surface area contributed by atoms with Crippen LogP contribution in [-0.2, 0) is 6.42 Å². The molecule has 1 aromatic carbocycles. The Labute approximate surface area is 123 Å². The maximum atomic E-state index is 9.57. The monoisotopic (exact) mass is 321 g/mol. The van der Waals surface area contributed by atoms with E-state index >= 15 is 0 Å². The highest BCUT2D eigenvalue weighted by molar-refractivity contribution is 9.10. The van der Waals surface area contributed by atoms with Crippen molar-refractivity contribution in [3.8, 4) is 11.8 Å². The van der Waals surface area contributed by atoms with Crippen LogP contribution in [0.1, 0.15) is 38.2 Å². The highest BCUT2D eigenvalue weighted by atomic mass is 79.9. The standard InChI is InChI=1S/C16H20BrNO/c1-12-5-7-16(11-18,8-6-12)10-13-3-4-15(19-2)14(17)9-13/h3-4,9,12H,5-8,10H2,1-2H3. The molecule has 0 heterocycles. The maximum absolute atomic E-state index is 9.57. The second kappa shape index (κ2) is 5.96. The van der Waals surface area contributed by atoms with Gasteiger partial charge in [-0.2, -0.15) is 5.26 Å². The van der Waals surface area contributed by atoms with Crippen LogP contribution in [0.5, 0.6) is 5.75 Å². The quantitative estimate of drug-likeness (QED) is 0.806. The van der Waals surface area contributed by atoms with Crippen molar-refractivity contribution >= 4 is 15.9 Å². The van der Waals surface area contributed by atoms with Gasteiger partial charge in [-0.1, -0.05) is 13.0 Å². The van der Waals surface area contributed by atoms with Crippen LogP contribution in [0.15, 0.2) is 22.7 Å². The summed E-state index contributed by atoms with van der Waals surface area (Å²) in [7, 11) is 1.67. The van der Waals surface area contributed by atoms with E-state index in [1.54, 1.807) is 7.11 Å². The van der Waals surface area contributed by atoms with Crippen molar-refractivity contribution in [3.05, 3.63) is 28.2 Å². The van der Waals surface area contributed by atoms with Gasteiger partial charge in [-0.25, -0.2) is 0 Å². The normalized spacial score (nSPS) is 26.7. The zero-order chi connectivity index (χ0) is 13.9. The van der Waals surface area contributed by atoms with Crippen molar-refractivity contribution in [2.24, 2.45) is 11.3 Å². The lowest BCUT2D eigenvalue weighted by Gasteiger charge is -2.33. The fourth-order valence-electron chi connectivity index (χ4n) is 2.85. The van der Waals surface area contributed by atoms with Gasteiger partial charge in [0, 0.05) is 0 Å². The molecular weight excluding hydrogens is 302 g/mol. The van der Waals surface area contributed by atoms with E-state index in [1.165, 1.54) is 18.4 Å². The number of ether oxygens (including phenoxy) is 1. The smallest absolute Gasteiger partial charge is 0.133 e. The molecule has 3 heteroatoms. The molecular formula is C16H20BrNO. The fraction of sp³-hybridized carbons (Fsp3) is 0.562. The van der Waals surface area contributed by atoms with Gasteiger partial charge in [-0.3, -0.25) is 0 Å². The topological polar surface area (TPSA) is 33.0 Å². The lowest BCUT2D eigenvalue weighted by molar-refractivity contribution is 0.219. The molecule has 19 heavy (non-hydrogen) atoms. The number of hydrogen-bond acceptors (Lipinski definition) is 2. The highest BCUT2D eigenvalue weighted by Gasteiger charge is 2.34. The Hall–Kier alpha value is -1.01. The van der Waals surface area contributed by atoms with Gasteiger partial charge >= 0.3 is 0 Å². The molecule has 0 saturated heterocycles. The van der Waals surface area contributed by atoms with E-state index in [4.69, 9.17) is 4.74 Å². The van der Waals surface area contributed by atoms with Crippen LogP contribution in [0.2, 0.25) is 0 Å². The largest absolute Gasteiger partial charge is 0.496 e. The molecule has 0 radical (unpaired) electrons. The molecule has 0 N–H and O–H groups in total. The average Bonchev–Trinajstić information content (AvgIpc) is 2.42. The Bertz CT molecular complexity index is 484. The van der Waals surface area contributed by atoms with Crippen LogP contribution in [0.25, 0.3) is 0 Å². The van der Waals surface area contributed by atoms with E-state index in [9.17, 15) is 5.26 Å². The van der Waals surface area contributed by atoms with Crippen LogP contribution in [0, 0.1) is 22.7 Å². The first-order valence-corrected chi connectivity index (χ1v) is 7.61. The van der Waals surface area contributed by atoms with Gasteiger partial charge in [0.15, 0.2) is 0 Å². The molecule has 2 nitrogen and oxygen atoms in total. The molecule has 0 unspecified atom stereocenters. The van der Waals surface area contributed by atoms with Crippen LogP contribution >= 0.6 is 15.9 Å². The van der Waals surface area contributed by atoms with Crippen LogP contribution in [0.3, 0.4) is 0 Å². The zero-order valence-electron chi connectivity index (χ0n) is 11.6. The van der Waals surface area contributed by atoms with E-state index in [0.717, 1.165) is 35.4 Å². The van der Waals surface area contributed by atoms with Crippen molar-refractivity contribution < 1.29 is 4.74 Å². The van der Waals surface area contributed by atoms with E-state index in [-0.39, 0.29) is 5.41 Å². The lowest BCUT2D eigenvalue weighted by Crippen LogP contribution is -2.27. The molecule has 1 saturated carbocycles. The SMILES string of the molecule is COc1ccc(CC2(C#N)CCC(C)CC2)cc1Br. The minimum absolute atomic E-state index is 0.166. The van der Waals surface area contributed by atoms with Crippen LogP contribution < -0.4 is 4.74 Å². The second-order valence-corrected chi connectivity index (χ2v) is 6.57. The molecule has 1 aliphatic carbocycles. The highest BCUT2D eigenvalue weighted by Crippen LogP contribution is 2.41. The van der Waals surface area contributed by atoms with Crippen molar-refractivity contribution in [1.29, 1.82) is 5.26 Å². The molecule has 0 bridgehead atoms. The molecule has 2 rings (SSSR count). The molecule has 102 valence electrons. The third-order valence-electron chi connectivity index (χ3n) is 4.23. The Morgan fingerprint density at radius 3 is 2.63 bits per heavy atom. The van der Waals surface area contributed by atoms with E-state index < -0.39 is 0 Å². The number of halogens is 1. The van der Waals surface area contributed by atoms with Gasteiger partial charge in [0.2, 0.25) is 0 Å². The predicted octanol–water partition coefficient (Wildman–Crippen LogP) is 4.72. The Kier molecular flexibility index (Phi) is 4.52. The molecule has 1 aliphatic rings. The van der Waals surface area contributed by atoms with E-state index in [0.29, 0.717) is 0 Å². The third-order valence-corrected chi connectivity index (χ3v) is 4.85. The zero-order valence-corrected chi connectivity index (χ0v) is 13.2. The summed E-state index contributed by atoms with van der Waals surface area (Å²) in [5.41, 5.74) is 1.05. The summed E-state index contributed by atoms with van der Waals surface area (Å²) >= 11 is 3.51. The van der Waals surface area contributed by atoms with Gasteiger partial charge < -0.3 is 4.74 Å². The molecule has 1 fully saturated rings. The number of methoxy groups -OCH3 is 1. The number of nitrogens with zero attached hydrogens (tertiary/aromatic N) is 1. The van der Waals surface area contributed by atoms with Crippen LogP contribution in [-0.4, -0.2) is 7.11 Å². The Morgan fingerprint density at radius 2 is 2.11 bits per heavy atom. The number of benzene rings is 1. The van der Waals surface area contributed by atoms with Crippen molar-refractivity contribution in [2.45, 2.75) is 39.0 Å². The number of hydrogen-bond donors (Lipinski definition) is 0. The summed E-state index contributed by atoms with van der Waals surface area (Å²) in [4.78, 5) is 0. The molecule has 0 atom stereocenters. The van der Waals surface area contributed by atoms with Crippen molar-refractivity contribution in [1.82, 2.24) is 0 Å². The molecule has 1 aromatic rings. The third kappa shape index (κ3) is 3.30. The maximum Gasteiger partial charge on any atom is 0.133 e. The van der Waals surface area contributed by atoms with Gasteiger partial charge in [-0.15, -0.1) is 0 Å². The minimum atomic E-state index is -0.166. The summed E-state index contributed by atoms with van der Waals surface area (Å²) in [6.45, 7) is 2.28. The first kappa shape index (κ1) is 14.4. The first-order valence-electron chi connectivity index (χ1n) is 6.82. The Morgan fingerprint density at radius 1 is 1.42 bits per heavy atom. The summed E-state index contributed by atoms with van der Waals surface area (Å²) < 4.78 is 6.21. The summed E-state index contributed by atoms with van der Waals surface area (Å²) in [6.07, 6.45) is 5.23. The van der Waals surface area contributed by atoms with Gasteiger partial charge in [0.1, 0.15) is 5.75 Å². The van der Waals surface area contributed by atoms with Gasteiger partial charge in [-0.05, 0) is 71.6 Å². The first-order chi connectivity index (χ1) is 9.08. The molecule has 0 spiro atoms. The summed E-state index contributed by atoms with van der Waals surface area (Å²) in [5, 5.41) is 9.57. The molecule has 0 amide bonds.